The highest BCUT2D eigenvalue weighted by Gasteiger charge is 2.04. The van der Waals surface area contributed by atoms with Crippen molar-refractivity contribution in [2.45, 2.75) is 26.8 Å². The van der Waals surface area contributed by atoms with E-state index < -0.39 is 0 Å². The Morgan fingerprint density at radius 2 is 1.88 bits per heavy atom. The van der Waals surface area contributed by atoms with Crippen LogP contribution in [-0.4, -0.2) is 17.4 Å². The largest absolute Gasteiger partial charge is 0.326 e. The number of amides is 1. The minimum absolute atomic E-state index is 0.0478. The van der Waals surface area contributed by atoms with E-state index in [-0.39, 0.29) is 5.91 Å². The molecule has 1 aromatic heterocycles. The van der Waals surface area contributed by atoms with Crippen molar-refractivity contribution in [3.8, 4) is 0 Å². The van der Waals surface area contributed by atoms with Gasteiger partial charge in [-0.3, -0.25) is 9.78 Å². The summed E-state index contributed by atoms with van der Waals surface area (Å²) in [5.74, 6) is -0.0478. The minimum atomic E-state index is -0.0478. The number of hydrogen-bond acceptors (Lipinski definition) is 3. The highest BCUT2D eigenvalue weighted by Crippen LogP contribution is 2.20. The molecule has 2 aromatic carbocycles. The maximum atomic E-state index is 11.0. The zero-order valence-electron chi connectivity index (χ0n) is 14.7. The van der Waals surface area contributed by atoms with Gasteiger partial charge in [0.25, 0.3) is 0 Å². The highest BCUT2D eigenvalue weighted by molar-refractivity contribution is 5.88. The Hall–Kier alpha value is -2.72. The van der Waals surface area contributed by atoms with Crippen LogP contribution in [0.3, 0.4) is 0 Å². The number of aryl methyl sites for hydroxylation is 1. The molecule has 4 nitrogen and oxygen atoms in total. The third-order valence-electron chi connectivity index (χ3n) is 4.25. The molecule has 0 aliphatic carbocycles. The van der Waals surface area contributed by atoms with E-state index in [1.807, 2.05) is 24.4 Å². The van der Waals surface area contributed by atoms with Gasteiger partial charge in [0.1, 0.15) is 0 Å². The Morgan fingerprint density at radius 3 is 2.64 bits per heavy atom. The molecule has 1 amide bonds. The van der Waals surface area contributed by atoms with Gasteiger partial charge in [0.15, 0.2) is 0 Å². The number of aromatic nitrogens is 1. The van der Waals surface area contributed by atoms with Gasteiger partial charge in [-0.05, 0) is 54.8 Å². The third-order valence-corrected chi connectivity index (χ3v) is 4.25. The molecule has 3 aromatic rings. The van der Waals surface area contributed by atoms with Crippen LogP contribution in [0.4, 0.5) is 5.69 Å². The lowest BCUT2D eigenvalue weighted by atomic mass is 10.0. The van der Waals surface area contributed by atoms with E-state index in [1.165, 1.54) is 29.0 Å². The lowest BCUT2D eigenvalue weighted by molar-refractivity contribution is -0.114. The number of anilines is 1. The average molecular weight is 333 g/mol. The third kappa shape index (κ3) is 4.43. The van der Waals surface area contributed by atoms with E-state index in [1.54, 1.807) is 0 Å². The smallest absolute Gasteiger partial charge is 0.221 e. The van der Waals surface area contributed by atoms with Gasteiger partial charge >= 0.3 is 0 Å². The molecule has 128 valence electrons. The number of carbonyl (C=O) groups is 1. The van der Waals surface area contributed by atoms with E-state index in [2.05, 4.69) is 52.9 Å². The van der Waals surface area contributed by atoms with Crippen LogP contribution in [0, 0.1) is 6.92 Å². The molecule has 1 heterocycles. The average Bonchev–Trinajstić information content (AvgIpc) is 2.61. The number of fused-ring (bicyclic) bond motifs is 1. The molecule has 0 radical (unpaired) electrons. The van der Waals surface area contributed by atoms with Gasteiger partial charge in [-0.15, -0.1) is 0 Å². The van der Waals surface area contributed by atoms with Crippen molar-refractivity contribution in [3.05, 3.63) is 71.4 Å². The molecule has 0 saturated carbocycles. The minimum Gasteiger partial charge on any atom is -0.326 e. The van der Waals surface area contributed by atoms with E-state index in [9.17, 15) is 4.79 Å². The molecule has 25 heavy (non-hydrogen) atoms. The van der Waals surface area contributed by atoms with Crippen LogP contribution in [0.1, 0.15) is 23.6 Å². The molecule has 0 unspecified atom stereocenters. The van der Waals surface area contributed by atoms with Gasteiger partial charge in [0.05, 0.1) is 5.52 Å². The first-order chi connectivity index (χ1) is 12.1. The van der Waals surface area contributed by atoms with Crippen molar-refractivity contribution < 1.29 is 4.79 Å². The van der Waals surface area contributed by atoms with Gasteiger partial charge in [0.2, 0.25) is 5.91 Å². The second-order valence-electron chi connectivity index (χ2n) is 6.25. The fourth-order valence-electron chi connectivity index (χ4n) is 2.93. The number of carbonyl (C=O) groups excluding carboxylic acids is 1. The summed E-state index contributed by atoms with van der Waals surface area (Å²) in [5.41, 5.74) is 5.64. The number of benzene rings is 2. The highest BCUT2D eigenvalue weighted by atomic mass is 16.1. The van der Waals surface area contributed by atoms with Crippen LogP contribution in [0.15, 0.2) is 54.7 Å². The van der Waals surface area contributed by atoms with E-state index in [0.717, 1.165) is 30.7 Å². The normalized spacial score (nSPS) is 10.8. The van der Waals surface area contributed by atoms with Crippen molar-refractivity contribution in [2.24, 2.45) is 0 Å². The standard InChI is InChI=1S/C21H23N3O/c1-15-5-8-18(21-20(15)4-3-12-23-21)14-22-13-11-17-6-9-19(10-7-17)24-16(2)25/h3-10,12,22H,11,13-14H2,1-2H3,(H,24,25). The van der Waals surface area contributed by atoms with Crippen LogP contribution in [0.25, 0.3) is 10.9 Å². The van der Waals surface area contributed by atoms with Crippen molar-refractivity contribution in [1.29, 1.82) is 0 Å². The fourth-order valence-corrected chi connectivity index (χ4v) is 2.93. The molecular weight excluding hydrogens is 310 g/mol. The Bertz CT molecular complexity index is 872. The van der Waals surface area contributed by atoms with Gasteiger partial charge in [-0.2, -0.15) is 0 Å². The molecule has 0 spiro atoms. The van der Waals surface area contributed by atoms with Crippen molar-refractivity contribution in [3.63, 3.8) is 0 Å². The monoisotopic (exact) mass is 333 g/mol. The Balaban J connectivity index is 1.55. The molecule has 3 rings (SSSR count). The van der Waals surface area contributed by atoms with Crippen molar-refractivity contribution in [1.82, 2.24) is 10.3 Å². The summed E-state index contributed by atoms with van der Waals surface area (Å²) in [7, 11) is 0. The molecule has 0 aliphatic rings. The molecule has 0 aliphatic heterocycles. The predicted molar refractivity (Wildman–Crippen MR) is 103 cm³/mol. The SMILES string of the molecule is CC(=O)Nc1ccc(CCNCc2ccc(C)c3cccnc23)cc1. The van der Waals surface area contributed by atoms with E-state index >= 15 is 0 Å². The summed E-state index contributed by atoms with van der Waals surface area (Å²) < 4.78 is 0. The summed E-state index contributed by atoms with van der Waals surface area (Å²) in [4.78, 5) is 15.6. The zero-order valence-corrected chi connectivity index (χ0v) is 14.7. The zero-order chi connectivity index (χ0) is 17.6. The first kappa shape index (κ1) is 17.1. The molecule has 0 fully saturated rings. The van der Waals surface area contributed by atoms with Gasteiger partial charge in [-0.25, -0.2) is 0 Å². The van der Waals surface area contributed by atoms with Crippen LogP contribution >= 0.6 is 0 Å². The Labute approximate surface area is 148 Å². The molecule has 0 bridgehead atoms. The van der Waals surface area contributed by atoms with Crippen LogP contribution in [0.2, 0.25) is 0 Å². The summed E-state index contributed by atoms with van der Waals surface area (Å²) in [6.07, 6.45) is 2.79. The number of rotatable bonds is 6. The van der Waals surface area contributed by atoms with Crippen LogP contribution < -0.4 is 10.6 Å². The van der Waals surface area contributed by atoms with Crippen molar-refractivity contribution in [2.75, 3.05) is 11.9 Å². The summed E-state index contributed by atoms with van der Waals surface area (Å²) in [6, 6.07) is 16.4. The fraction of sp³-hybridized carbons (Fsp3) is 0.238. The van der Waals surface area contributed by atoms with Gasteiger partial charge in [0, 0.05) is 30.7 Å². The lowest BCUT2D eigenvalue weighted by Crippen LogP contribution is -2.17. The first-order valence-electron chi connectivity index (χ1n) is 8.54. The molecule has 0 atom stereocenters. The van der Waals surface area contributed by atoms with E-state index in [4.69, 9.17) is 0 Å². The van der Waals surface area contributed by atoms with E-state index in [0.29, 0.717) is 0 Å². The second kappa shape index (κ2) is 7.90. The maximum Gasteiger partial charge on any atom is 0.221 e. The molecule has 2 N–H and O–H groups in total. The quantitative estimate of drug-likeness (QED) is 0.674. The van der Waals surface area contributed by atoms with Crippen LogP contribution in [0.5, 0.6) is 0 Å². The van der Waals surface area contributed by atoms with Crippen LogP contribution in [-0.2, 0) is 17.8 Å². The maximum absolute atomic E-state index is 11.0. The number of pyridine rings is 1. The van der Waals surface area contributed by atoms with Crippen molar-refractivity contribution >= 4 is 22.5 Å². The van der Waals surface area contributed by atoms with Gasteiger partial charge < -0.3 is 10.6 Å². The topological polar surface area (TPSA) is 54.0 Å². The molecule has 4 heteroatoms. The second-order valence-corrected chi connectivity index (χ2v) is 6.25. The summed E-state index contributed by atoms with van der Waals surface area (Å²) >= 11 is 0. The summed E-state index contributed by atoms with van der Waals surface area (Å²) in [6.45, 7) is 5.33. The predicted octanol–water partition coefficient (Wildman–Crippen LogP) is 3.83. The Kier molecular flexibility index (Phi) is 5.41. The van der Waals surface area contributed by atoms with Gasteiger partial charge in [-0.1, -0.05) is 30.3 Å². The molecule has 0 saturated heterocycles. The Morgan fingerprint density at radius 1 is 1.08 bits per heavy atom. The number of nitrogens with one attached hydrogen (secondary N) is 2. The number of nitrogens with zero attached hydrogens (tertiary/aromatic N) is 1. The lowest BCUT2D eigenvalue weighted by Gasteiger charge is -2.10. The molecular formula is C21H23N3O. The summed E-state index contributed by atoms with van der Waals surface area (Å²) in [5, 5.41) is 7.50. The number of hydrogen-bond donors (Lipinski definition) is 2. The first-order valence-corrected chi connectivity index (χ1v) is 8.54.